The van der Waals surface area contributed by atoms with E-state index in [1.807, 2.05) is 6.92 Å². The molecule has 1 aliphatic heterocycles. The van der Waals surface area contributed by atoms with Crippen LogP contribution < -0.4 is 10.1 Å². The van der Waals surface area contributed by atoms with E-state index in [9.17, 15) is 36.3 Å². The molecular formula is C24H28F3N3O6S. The zero-order valence-electron chi connectivity index (χ0n) is 20.3. The first-order valence-corrected chi connectivity index (χ1v) is 13.0. The van der Waals surface area contributed by atoms with Crippen molar-refractivity contribution in [2.75, 3.05) is 19.6 Å². The monoisotopic (exact) mass is 543 g/mol. The van der Waals surface area contributed by atoms with Crippen molar-refractivity contribution in [3.8, 4) is 11.5 Å². The van der Waals surface area contributed by atoms with Gasteiger partial charge >= 0.3 is 6.36 Å². The quantitative estimate of drug-likeness (QED) is 0.529. The number of ether oxygens (including phenoxy) is 1. The lowest BCUT2D eigenvalue weighted by Gasteiger charge is -2.39. The van der Waals surface area contributed by atoms with Gasteiger partial charge in [0.05, 0.1) is 4.90 Å². The molecule has 1 saturated heterocycles. The summed E-state index contributed by atoms with van der Waals surface area (Å²) in [4.78, 5) is 26.1. The lowest BCUT2D eigenvalue weighted by Crippen LogP contribution is -2.61. The Balaban J connectivity index is 1.80. The molecule has 0 spiro atoms. The number of phenolic OH excluding ortho intramolecular Hbond substituents is 1. The van der Waals surface area contributed by atoms with Crippen molar-refractivity contribution in [1.82, 2.24) is 14.5 Å². The highest BCUT2D eigenvalue weighted by Crippen LogP contribution is 2.27. The first-order chi connectivity index (χ1) is 17.3. The molecule has 1 heterocycles. The van der Waals surface area contributed by atoms with Crippen LogP contribution in [0.2, 0.25) is 0 Å². The highest BCUT2D eigenvalue weighted by Gasteiger charge is 2.41. The van der Waals surface area contributed by atoms with Crippen LogP contribution in [0.3, 0.4) is 0 Å². The number of piperazine rings is 1. The van der Waals surface area contributed by atoms with Crippen LogP contribution in [0.5, 0.6) is 11.5 Å². The van der Waals surface area contributed by atoms with E-state index in [0.717, 1.165) is 40.6 Å². The number of nitrogens with one attached hydrogen (secondary N) is 1. The predicted octanol–water partition coefficient (Wildman–Crippen LogP) is 2.78. The molecule has 2 amide bonds. The van der Waals surface area contributed by atoms with Gasteiger partial charge in [0.1, 0.15) is 17.5 Å². The van der Waals surface area contributed by atoms with Gasteiger partial charge in [0.2, 0.25) is 21.8 Å². The molecule has 3 rings (SSSR count). The van der Waals surface area contributed by atoms with Gasteiger partial charge in [0.15, 0.2) is 0 Å². The largest absolute Gasteiger partial charge is 0.573 e. The fourth-order valence-electron chi connectivity index (χ4n) is 4.01. The topological polar surface area (TPSA) is 116 Å². The third-order valence-electron chi connectivity index (χ3n) is 5.88. The second-order valence-electron chi connectivity index (χ2n) is 8.55. The molecule has 0 unspecified atom stereocenters. The third kappa shape index (κ3) is 7.13. The summed E-state index contributed by atoms with van der Waals surface area (Å²) in [6, 6.07) is 7.40. The average molecular weight is 544 g/mol. The molecule has 1 aliphatic rings. The van der Waals surface area contributed by atoms with Crippen LogP contribution in [0.15, 0.2) is 47.4 Å². The number of rotatable bonds is 8. The lowest BCUT2D eigenvalue weighted by molar-refractivity contribution is -0.274. The number of nitrogens with zero attached hydrogens (tertiary/aromatic N) is 2. The number of halogens is 3. The molecule has 202 valence electrons. The molecule has 1 atom stereocenters. The van der Waals surface area contributed by atoms with Gasteiger partial charge in [-0.15, -0.1) is 13.2 Å². The second-order valence-corrected chi connectivity index (χ2v) is 10.4. The van der Waals surface area contributed by atoms with Crippen molar-refractivity contribution >= 4 is 21.8 Å². The van der Waals surface area contributed by atoms with Crippen LogP contribution in [-0.4, -0.2) is 66.6 Å². The van der Waals surface area contributed by atoms with Crippen LogP contribution in [0, 0.1) is 0 Å². The van der Waals surface area contributed by atoms with Crippen LogP contribution >= 0.6 is 0 Å². The molecule has 0 bridgehead atoms. The summed E-state index contributed by atoms with van der Waals surface area (Å²) in [5.74, 6) is -1.49. The number of hydrogen-bond acceptors (Lipinski definition) is 6. The molecule has 13 heteroatoms. The van der Waals surface area contributed by atoms with Crippen molar-refractivity contribution < 1.29 is 41.0 Å². The number of carbonyl (C=O) groups is 2. The maximum absolute atomic E-state index is 13.3. The highest BCUT2D eigenvalue weighted by atomic mass is 32.2. The minimum absolute atomic E-state index is 0.00668. The normalized spacial score (nSPS) is 16.9. The van der Waals surface area contributed by atoms with Crippen molar-refractivity contribution in [2.45, 2.75) is 50.5 Å². The van der Waals surface area contributed by atoms with Gasteiger partial charge in [0, 0.05) is 33.1 Å². The van der Waals surface area contributed by atoms with Gasteiger partial charge in [-0.05, 0) is 47.9 Å². The molecule has 9 nitrogen and oxygen atoms in total. The summed E-state index contributed by atoms with van der Waals surface area (Å²) in [6.45, 7) is 2.95. The van der Waals surface area contributed by atoms with E-state index in [1.54, 1.807) is 12.1 Å². The molecule has 2 N–H and O–H groups in total. The van der Waals surface area contributed by atoms with Crippen molar-refractivity contribution in [3.05, 3.63) is 53.6 Å². The zero-order valence-corrected chi connectivity index (χ0v) is 21.1. The van der Waals surface area contributed by atoms with Gasteiger partial charge in [-0.25, -0.2) is 8.42 Å². The van der Waals surface area contributed by atoms with Gasteiger partial charge in [-0.2, -0.15) is 4.31 Å². The fraction of sp³-hybridized carbons (Fsp3) is 0.417. The summed E-state index contributed by atoms with van der Waals surface area (Å²) >= 11 is 0. The fourth-order valence-corrected chi connectivity index (χ4v) is 5.58. The average Bonchev–Trinajstić information content (AvgIpc) is 2.83. The van der Waals surface area contributed by atoms with Gasteiger partial charge < -0.3 is 20.1 Å². The van der Waals surface area contributed by atoms with E-state index in [2.05, 4.69) is 10.1 Å². The number of aromatic hydroxyl groups is 1. The zero-order chi connectivity index (χ0) is 27.4. The Labute approximate surface area is 212 Å². The number of hydrogen-bond donors (Lipinski definition) is 2. The number of benzene rings is 2. The van der Waals surface area contributed by atoms with E-state index < -0.39 is 34.1 Å². The summed E-state index contributed by atoms with van der Waals surface area (Å²) in [6.07, 6.45) is -3.39. The number of carbonyl (C=O) groups excluding carboxylic acids is 2. The number of phenols is 1. The molecule has 1 fully saturated rings. The van der Waals surface area contributed by atoms with Gasteiger partial charge in [-0.3, -0.25) is 9.59 Å². The van der Waals surface area contributed by atoms with Crippen molar-refractivity contribution in [1.29, 1.82) is 0 Å². The molecule has 2 aromatic rings. The molecule has 0 aromatic heterocycles. The first kappa shape index (κ1) is 28.3. The Kier molecular flexibility index (Phi) is 8.69. The van der Waals surface area contributed by atoms with E-state index in [0.29, 0.717) is 12.0 Å². The third-order valence-corrected chi connectivity index (χ3v) is 7.80. The number of alkyl halides is 3. The summed E-state index contributed by atoms with van der Waals surface area (Å²) < 4.78 is 68.7. The smallest absolute Gasteiger partial charge is 0.508 e. The van der Waals surface area contributed by atoms with Gasteiger partial charge in [-0.1, -0.05) is 25.5 Å². The lowest BCUT2D eigenvalue weighted by atomic mass is 10.1. The van der Waals surface area contributed by atoms with Gasteiger partial charge in [0.25, 0.3) is 0 Å². The summed E-state index contributed by atoms with van der Waals surface area (Å²) in [5, 5.41) is 12.8. The first-order valence-electron chi connectivity index (χ1n) is 11.5. The Morgan fingerprint density at radius 2 is 1.81 bits per heavy atom. The Morgan fingerprint density at radius 3 is 2.38 bits per heavy atom. The molecule has 0 radical (unpaired) electrons. The summed E-state index contributed by atoms with van der Waals surface area (Å²) in [5.41, 5.74) is 1.37. The SMILES string of the molecule is CCCc1ccc(CNC(=O)[C@H]2CN(C(C)=O)CCN2S(=O)(=O)c2ccc(OC(F)(F)F)cc2)cc1O. The number of sulfonamides is 1. The van der Waals surface area contributed by atoms with Crippen LogP contribution in [0.25, 0.3) is 0 Å². The van der Waals surface area contributed by atoms with E-state index in [-0.39, 0.29) is 42.7 Å². The van der Waals surface area contributed by atoms with Crippen LogP contribution in [0.1, 0.15) is 31.4 Å². The van der Waals surface area contributed by atoms with Crippen LogP contribution in [0.4, 0.5) is 13.2 Å². The Bertz CT molecular complexity index is 1240. The minimum Gasteiger partial charge on any atom is -0.508 e. The molecular weight excluding hydrogens is 515 g/mol. The standard InChI is InChI=1S/C24H28F3N3O6S/c1-3-4-18-6-5-17(13-22(18)32)14-28-23(33)21-15-29(16(2)31)11-12-30(21)37(34,35)20-9-7-19(8-10-20)36-24(25,26)27/h5-10,13,21,32H,3-4,11-12,14-15H2,1-2H3,(H,28,33)/t21-/m1/s1. The maximum atomic E-state index is 13.3. The molecule has 2 aromatic carbocycles. The Morgan fingerprint density at radius 1 is 1.14 bits per heavy atom. The predicted molar refractivity (Wildman–Crippen MR) is 127 cm³/mol. The van der Waals surface area contributed by atoms with Crippen LogP contribution in [-0.2, 0) is 32.6 Å². The number of amides is 2. The summed E-state index contributed by atoms with van der Waals surface area (Å²) in [7, 11) is -4.31. The highest BCUT2D eigenvalue weighted by molar-refractivity contribution is 7.89. The molecule has 37 heavy (non-hydrogen) atoms. The van der Waals surface area contributed by atoms with Crippen molar-refractivity contribution in [3.63, 3.8) is 0 Å². The van der Waals surface area contributed by atoms with E-state index >= 15 is 0 Å². The maximum Gasteiger partial charge on any atom is 0.573 e. The molecule has 0 aliphatic carbocycles. The molecule has 0 saturated carbocycles. The Hall–Kier alpha value is -3.32. The van der Waals surface area contributed by atoms with Crippen molar-refractivity contribution in [2.24, 2.45) is 0 Å². The minimum atomic E-state index is -4.93. The van der Waals surface area contributed by atoms with E-state index in [1.165, 1.54) is 17.9 Å². The van der Waals surface area contributed by atoms with E-state index in [4.69, 9.17) is 0 Å². The number of aryl methyl sites for hydroxylation is 1. The second kappa shape index (κ2) is 11.4.